The van der Waals surface area contributed by atoms with E-state index in [1.54, 1.807) is 18.2 Å². The standard InChI is InChI=1S/C15H15ClN2O/c1-10-3-2-4-11(7-10)9-18-15(19)13-8-12(17)5-6-14(13)16/h2-8H,9,17H2,1H3,(H,18,19). The van der Waals surface area contributed by atoms with Gasteiger partial charge < -0.3 is 11.1 Å². The van der Waals surface area contributed by atoms with Crippen LogP contribution in [0.2, 0.25) is 5.02 Å². The summed E-state index contributed by atoms with van der Waals surface area (Å²) in [7, 11) is 0. The molecule has 3 N–H and O–H groups in total. The molecule has 0 aliphatic carbocycles. The maximum absolute atomic E-state index is 12.0. The van der Waals surface area contributed by atoms with Crippen molar-refractivity contribution < 1.29 is 4.79 Å². The highest BCUT2D eigenvalue weighted by atomic mass is 35.5. The molecule has 2 rings (SSSR count). The second-order valence-corrected chi connectivity index (χ2v) is 4.82. The zero-order valence-electron chi connectivity index (χ0n) is 10.6. The lowest BCUT2D eigenvalue weighted by Crippen LogP contribution is -2.23. The van der Waals surface area contributed by atoms with Crippen LogP contribution in [0.3, 0.4) is 0 Å². The molecule has 0 aliphatic rings. The van der Waals surface area contributed by atoms with E-state index in [0.29, 0.717) is 22.8 Å². The first-order valence-electron chi connectivity index (χ1n) is 5.95. The van der Waals surface area contributed by atoms with E-state index < -0.39 is 0 Å². The Morgan fingerprint density at radius 1 is 1.26 bits per heavy atom. The molecule has 3 nitrogen and oxygen atoms in total. The average Bonchev–Trinajstić information content (AvgIpc) is 2.39. The van der Waals surface area contributed by atoms with Gasteiger partial charge in [0, 0.05) is 12.2 Å². The minimum atomic E-state index is -0.223. The summed E-state index contributed by atoms with van der Waals surface area (Å²) in [4.78, 5) is 12.0. The van der Waals surface area contributed by atoms with Crippen molar-refractivity contribution in [1.29, 1.82) is 0 Å². The van der Waals surface area contributed by atoms with Crippen LogP contribution in [0.1, 0.15) is 21.5 Å². The first-order valence-corrected chi connectivity index (χ1v) is 6.33. The van der Waals surface area contributed by atoms with Gasteiger partial charge in [0.2, 0.25) is 0 Å². The van der Waals surface area contributed by atoms with E-state index in [-0.39, 0.29) is 5.91 Å². The summed E-state index contributed by atoms with van der Waals surface area (Å²) in [5, 5.41) is 3.23. The number of anilines is 1. The summed E-state index contributed by atoms with van der Waals surface area (Å²) >= 11 is 5.98. The average molecular weight is 275 g/mol. The van der Waals surface area contributed by atoms with Crippen LogP contribution in [0.5, 0.6) is 0 Å². The largest absolute Gasteiger partial charge is 0.399 e. The van der Waals surface area contributed by atoms with Gasteiger partial charge in [0.1, 0.15) is 0 Å². The lowest BCUT2D eigenvalue weighted by atomic mass is 10.1. The molecule has 1 amide bonds. The van der Waals surface area contributed by atoms with E-state index in [9.17, 15) is 4.79 Å². The number of aryl methyl sites for hydroxylation is 1. The van der Waals surface area contributed by atoms with Gasteiger partial charge in [-0.05, 0) is 30.7 Å². The van der Waals surface area contributed by atoms with Crippen LogP contribution in [0.25, 0.3) is 0 Å². The van der Waals surface area contributed by atoms with E-state index in [1.165, 1.54) is 0 Å². The number of nitrogens with two attached hydrogens (primary N) is 1. The number of hydrogen-bond donors (Lipinski definition) is 2. The third kappa shape index (κ3) is 3.48. The van der Waals surface area contributed by atoms with Gasteiger partial charge in [-0.15, -0.1) is 0 Å². The maximum Gasteiger partial charge on any atom is 0.253 e. The molecular weight excluding hydrogens is 260 g/mol. The van der Waals surface area contributed by atoms with Crippen LogP contribution >= 0.6 is 11.6 Å². The van der Waals surface area contributed by atoms with Crippen molar-refractivity contribution in [2.45, 2.75) is 13.5 Å². The summed E-state index contributed by atoms with van der Waals surface area (Å²) in [6, 6.07) is 12.8. The summed E-state index contributed by atoms with van der Waals surface area (Å²) < 4.78 is 0. The Bertz CT molecular complexity index is 611. The van der Waals surface area contributed by atoms with Gasteiger partial charge in [0.15, 0.2) is 0 Å². The van der Waals surface area contributed by atoms with E-state index in [2.05, 4.69) is 5.32 Å². The highest BCUT2D eigenvalue weighted by Crippen LogP contribution is 2.18. The molecule has 0 aliphatic heterocycles. The zero-order chi connectivity index (χ0) is 13.8. The van der Waals surface area contributed by atoms with Crippen molar-refractivity contribution >= 4 is 23.2 Å². The number of hydrogen-bond acceptors (Lipinski definition) is 2. The SMILES string of the molecule is Cc1cccc(CNC(=O)c2cc(N)ccc2Cl)c1. The molecule has 19 heavy (non-hydrogen) atoms. The molecule has 2 aromatic carbocycles. The molecule has 2 aromatic rings. The predicted octanol–water partition coefficient (Wildman–Crippen LogP) is 3.16. The molecule has 4 heteroatoms. The fourth-order valence-corrected chi connectivity index (χ4v) is 2.02. The van der Waals surface area contributed by atoms with Gasteiger partial charge in [-0.1, -0.05) is 41.4 Å². The number of benzene rings is 2. The van der Waals surface area contributed by atoms with Crippen LogP contribution in [0.4, 0.5) is 5.69 Å². The summed E-state index contributed by atoms with van der Waals surface area (Å²) in [6.07, 6.45) is 0. The van der Waals surface area contributed by atoms with Crippen molar-refractivity contribution in [2.24, 2.45) is 0 Å². The van der Waals surface area contributed by atoms with Gasteiger partial charge >= 0.3 is 0 Å². The molecule has 0 heterocycles. The van der Waals surface area contributed by atoms with Gasteiger partial charge in [-0.25, -0.2) is 0 Å². The predicted molar refractivity (Wildman–Crippen MR) is 78.2 cm³/mol. The van der Waals surface area contributed by atoms with Crippen LogP contribution < -0.4 is 11.1 Å². The Kier molecular flexibility index (Phi) is 4.07. The minimum Gasteiger partial charge on any atom is -0.399 e. The first kappa shape index (κ1) is 13.4. The number of carbonyl (C=O) groups is 1. The molecule has 0 radical (unpaired) electrons. The van der Waals surface area contributed by atoms with Gasteiger partial charge in [0.25, 0.3) is 5.91 Å². The fourth-order valence-electron chi connectivity index (χ4n) is 1.82. The Morgan fingerprint density at radius 3 is 2.79 bits per heavy atom. The lowest BCUT2D eigenvalue weighted by molar-refractivity contribution is 0.0951. The minimum absolute atomic E-state index is 0.223. The molecule has 0 saturated carbocycles. The molecule has 0 atom stereocenters. The van der Waals surface area contributed by atoms with Crippen LogP contribution in [-0.2, 0) is 6.54 Å². The summed E-state index contributed by atoms with van der Waals surface area (Å²) in [6.45, 7) is 2.48. The van der Waals surface area contributed by atoms with Crippen LogP contribution in [0, 0.1) is 6.92 Å². The Labute approximate surface area is 117 Å². The number of halogens is 1. The molecule has 0 saturated heterocycles. The third-order valence-electron chi connectivity index (χ3n) is 2.77. The second kappa shape index (κ2) is 5.76. The van der Waals surface area contributed by atoms with Crippen molar-refractivity contribution in [3.05, 3.63) is 64.2 Å². The molecule has 0 unspecified atom stereocenters. The molecule has 0 bridgehead atoms. The number of nitrogen functional groups attached to an aromatic ring is 1. The highest BCUT2D eigenvalue weighted by molar-refractivity contribution is 6.34. The maximum atomic E-state index is 12.0. The van der Waals surface area contributed by atoms with E-state index in [1.807, 2.05) is 31.2 Å². The molecular formula is C15H15ClN2O. The van der Waals surface area contributed by atoms with Crippen molar-refractivity contribution in [2.75, 3.05) is 5.73 Å². The monoisotopic (exact) mass is 274 g/mol. The number of amides is 1. The van der Waals surface area contributed by atoms with E-state index in [4.69, 9.17) is 17.3 Å². The second-order valence-electron chi connectivity index (χ2n) is 4.41. The summed E-state index contributed by atoms with van der Waals surface area (Å²) in [5.41, 5.74) is 8.78. The van der Waals surface area contributed by atoms with Crippen molar-refractivity contribution in [3.63, 3.8) is 0 Å². The van der Waals surface area contributed by atoms with E-state index >= 15 is 0 Å². The van der Waals surface area contributed by atoms with Gasteiger partial charge in [-0.2, -0.15) is 0 Å². The van der Waals surface area contributed by atoms with Crippen LogP contribution in [0.15, 0.2) is 42.5 Å². The summed E-state index contributed by atoms with van der Waals surface area (Å²) in [5.74, 6) is -0.223. The number of carbonyl (C=O) groups excluding carboxylic acids is 1. The lowest BCUT2D eigenvalue weighted by Gasteiger charge is -2.08. The van der Waals surface area contributed by atoms with E-state index in [0.717, 1.165) is 11.1 Å². The molecule has 0 spiro atoms. The smallest absolute Gasteiger partial charge is 0.253 e. The Hall–Kier alpha value is -2.00. The number of rotatable bonds is 3. The fraction of sp³-hybridized carbons (Fsp3) is 0.133. The molecule has 0 aromatic heterocycles. The molecule has 0 fully saturated rings. The third-order valence-corrected chi connectivity index (χ3v) is 3.10. The zero-order valence-corrected chi connectivity index (χ0v) is 11.4. The van der Waals surface area contributed by atoms with Crippen molar-refractivity contribution in [1.82, 2.24) is 5.32 Å². The van der Waals surface area contributed by atoms with Crippen LogP contribution in [-0.4, -0.2) is 5.91 Å². The normalized spacial score (nSPS) is 10.2. The topological polar surface area (TPSA) is 55.1 Å². The van der Waals surface area contributed by atoms with Crippen molar-refractivity contribution in [3.8, 4) is 0 Å². The van der Waals surface area contributed by atoms with Gasteiger partial charge in [-0.3, -0.25) is 4.79 Å². The quantitative estimate of drug-likeness (QED) is 0.845. The van der Waals surface area contributed by atoms with Gasteiger partial charge in [0.05, 0.1) is 10.6 Å². The first-order chi connectivity index (χ1) is 9.06. The Morgan fingerprint density at radius 2 is 2.05 bits per heavy atom. The highest BCUT2D eigenvalue weighted by Gasteiger charge is 2.10. The Balaban J connectivity index is 2.07. The number of nitrogens with one attached hydrogen (secondary N) is 1. The molecule has 98 valence electrons.